The summed E-state index contributed by atoms with van der Waals surface area (Å²) in [6, 6.07) is 6.21. The summed E-state index contributed by atoms with van der Waals surface area (Å²) in [5.41, 5.74) is 0.708. The van der Waals surface area contributed by atoms with Crippen LogP contribution in [-0.4, -0.2) is 83.1 Å². The summed E-state index contributed by atoms with van der Waals surface area (Å²) in [7, 11) is 0. The van der Waals surface area contributed by atoms with Gasteiger partial charge in [0.25, 0.3) is 11.8 Å². The number of amides is 4. The Morgan fingerprint density at radius 2 is 1.57 bits per heavy atom. The molecule has 2 fully saturated rings. The molecule has 4 amide bonds. The van der Waals surface area contributed by atoms with Gasteiger partial charge in [-0.25, -0.2) is 0 Å². The number of hydrogen-bond acceptors (Lipinski definition) is 5. The number of carbonyl (C=O) groups excluding carboxylic acids is 4. The fourth-order valence-electron chi connectivity index (χ4n) is 4.17. The summed E-state index contributed by atoms with van der Waals surface area (Å²) in [6.07, 6.45) is 2.12. The van der Waals surface area contributed by atoms with Crippen molar-refractivity contribution in [3.63, 3.8) is 0 Å². The van der Waals surface area contributed by atoms with Crippen molar-refractivity contribution < 1.29 is 19.2 Å². The Bertz CT molecular complexity index is 837. The van der Waals surface area contributed by atoms with E-state index in [9.17, 15) is 19.2 Å². The molecule has 1 saturated carbocycles. The molecule has 8 heteroatoms. The molecular weight excluding hydrogens is 384 g/mol. The minimum atomic E-state index is -0.831. The van der Waals surface area contributed by atoms with Crippen molar-refractivity contribution in [2.75, 3.05) is 32.7 Å². The van der Waals surface area contributed by atoms with Crippen LogP contribution in [-0.2, 0) is 9.59 Å². The lowest BCUT2D eigenvalue weighted by Gasteiger charge is -2.38. The van der Waals surface area contributed by atoms with E-state index in [0.29, 0.717) is 49.9 Å². The van der Waals surface area contributed by atoms with Crippen LogP contribution >= 0.6 is 0 Å². The van der Waals surface area contributed by atoms with Gasteiger partial charge >= 0.3 is 0 Å². The molecule has 30 heavy (non-hydrogen) atoms. The topological polar surface area (TPSA) is 90.0 Å². The normalized spacial score (nSPS) is 20.5. The summed E-state index contributed by atoms with van der Waals surface area (Å²) in [5.74, 6) is -1.19. The number of imide groups is 1. The van der Waals surface area contributed by atoms with E-state index in [2.05, 4.69) is 5.32 Å². The monoisotopic (exact) mass is 412 g/mol. The number of carbonyl (C=O) groups is 4. The van der Waals surface area contributed by atoms with Gasteiger partial charge < -0.3 is 10.2 Å². The minimum absolute atomic E-state index is 0.0309. The quantitative estimate of drug-likeness (QED) is 0.696. The van der Waals surface area contributed by atoms with E-state index in [1.807, 2.05) is 18.7 Å². The maximum Gasteiger partial charge on any atom is 0.262 e. The number of nitrogens with one attached hydrogen (secondary N) is 1. The molecule has 0 spiro atoms. The Morgan fingerprint density at radius 3 is 2.07 bits per heavy atom. The van der Waals surface area contributed by atoms with Gasteiger partial charge in [-0.15, -0.1) is 0 Å². The molecule has 4 rings (SSSR count). The average molecular weight is 412 g/mol. The second-order valence-electron chi connectivity index (χ2n) is 8.66. The van der Waals surface area contributed by atoms with Crippen LogP contribution in [0.25, 0.3) is 0 Å². The Kier molecular flexibility index (Phi) is 5.60. The highest BCUT2D eigenvalue weighted by Gasteiger charge is 2.45. The molecular formula is C22H28N4O4. The fourth-order valence-corrected chi connectivity index (χ4v) is 4.17. The van der Waals surface area contributed by atoms with E-state index in [-0.39, 0.29) is 17.7 Å². The van der Waals surface area contributed by atoms with E-state index in [4.69, 9.17) is 0 Å². The number of fused-ring (bicyclic) bond motifs is 1. The van der Waals surface area contributed by atoms with Gasteiger partial charge in [-0.05, 0) is 30.9 Å². The van der Waals surface area contributed by atoms with Crippen LogP contribution in [0.1, 0.15) is 47.4 Å². The first-order valence-corrected chi connectivity index (χ1v) is 10.6. The molecule has 1 aromatic rings. The molecule has 0 bridgehead atoms. The van der Waals surface area contributed by atoms with Crippen molar-refractivity contribution in [3.05, 3.63) is 35.4 Å². The van der Waals surface area contributed by atoms with E-state index in [0.717, 1.165) is 17.7 Å². The highest BCUT2D eigenvalue weighted by Crippen LogP contribution is 2.28. The van der Waals surface area contributed by atoms with Crippen molar-refractivity contribution in [2.45, 2.75) is 38.8 Å². The van der Waals surface area contributed by atoms with Crippen LogP contribution in [0.3, 0.4) is 0 Å². The number of hydrogen-bond donors (Lipinski definition) is 1. The van der Waals surface area contributed by atoms with E-state index < -0.39 is 17.9 Å². The standard InChI is InChI=1S/C22H28N4O4/c1-14(2)19(26-20(28)16-5-3-4-6-17(16)21(26)29)22(30)25-11-9-24(10-12-25)13-18(27)23-15-7-8-15/h3-6,14-15,19H,7-13H2,1-2H3,(H,23,27). The highest BCUT2D eigenvalue weighted by molar-refractivity contribution is 6.22. The lowest BCUT2D eigenvalue weighted by atomic mass is 10.0. The highest BCUT2D eigenvalue weighted by atomic mass is 16.2. The summed E-state index contributed by atoms with van der Waals surface area (Å²) in [5, 5.41) is 2.98. The summed E-state index contributed by atoms with van der Waals surface area (Å²) in [6.45, 7) is 6.18. The second kappa shape index (κ2) is 8.18. The van der Waals surface area contributed by atoms with Gasteiger partial charge in [0.1, 0.15) is 6.04 Å². The van der Waals surface area contributed by atoms with Gasteiger partial charge in [-0.2, -0.15) is 0 Å². The summed E-state index contributed by atoms with van der Waals surface area (Å²) >= 11 is 0. The largest absolute Gasteiger partial charge is 0.352 e. The van der Waals surface area contributed by atoms with E-state index >= 15 is 0 Å². The SMILES string of the molecule is CC(C)C(C(=O)N1CCN(CC(=O)NC2CC2)CC1)N1C(=O)c2ccccc2C1=O. The van der Waals surface area contributed by atoms with Gasteiger partial charge in [0.2, 0.25) is 11.8 Å². The van der Waals surface area contributed by atoms with Crippen LogP contribution in [0.15, 0.2) is 24.3 Å². The predicted octanol–water partition coefficient (Wildman–Crippen LogP) is 0.730. The van der Waals surface area contributed by atoms with Crippen molar-refractivity contribution in [3.8, 4) is 0 Å². The van der Waals surface area contributed by atoms with Crippen molar-refractivity contribution in [1.29, 1.82) is 0 Å². The lowest BCUT2D eigenvalue weighted by Crippen LogP contribution is -2.58. The van der Waals surface area contributed by atoms with Gasteiger partial charge in [0.05, 0.1) is 17.7 Å². The predicted molar refractivity (Wildman–Crippen MR) is 110 cm³/mol. The number of piperazine rings is 1. The Morgan fingerprint density at radius 1 is 1.00 bits per heavy atom. The summed E-state index contributed by atoms with van der Waals surface area (Å²) in [4.78, 5) is 56.0. The summed E-state index contributed by atoms with van der Waals surface area (Å²) < 4.78 is 0. The third-order valence-electron chi connectivity index (χ3n) is 5.98. The third-order valence-corrected chi connectivity index (χ3v) is 5.98. The minimum Gasteiger partial charge on any atom is -0.352 e. The number of rotatable bonds is 6. The number of nitrogens with zero attached hydrogens (tertiary/aromatic N) is 3. The van der Waals surface area contributed by atoms with Crippen LogP contribution in [0.5, 0.6) is 0 Å². The zero-order chi connectivity index (χ0) is 21.4. The number of benzene rings is 1. The van der Waals surface area contributed by atoms with Gasteiger partial charge in [0, 0.05) is 32.2 Å². The molecule has 2 aliphatic heterocycles. The molecule has 1 atom stereocenters. The van der Waals surface area contributed by atoms with Crippen LogP contribution in [0.4, 0.5) is 0 Å². The molecule has 0 aromatic heterocycles. The maximum absolute atomic E-state index is 13.3. The van der Waals surface area contributed by atoms with E-state index in [1.54, 1.807) is 29.2 Å². The van der Waals surface area contributed by atoms with Crippen LogP contribution in [0, 0.1) is 5.92 Å². The first kappa shape index (κ1) is 20.5. The molecule has 0 radical (unpaired) electrons. The van der Waals surface area contributed by atoms with Gasteiger partial charge in [0.15, 0.2) is 0 Å². The second-order valence-corrected chi connectivity index (χ2v) is 8.66. The van der Waals surface area contributed by atoms with Crippen molar-refractivity contribution >= 4 is 23.6 Å². The molecule has 1 N–H and O–H groups in total. The smallest absolute Gasteiger partial charge is 0.262 e. The Labute approximate surface area is 176 Å². The van der Waals surface area contributed by atoms with E-state index in [1.165, 1.54) is 0 Å². The maximum atomic E-state index is 13.3. The third kappa shape index (κ3) is 3.96. The van der Waals surface area contributed by atoms with Gasteiger partial charge in [-0.1, -0.05) is 26.0 Å². The molecule has 3 aliphatic rings. The zero-order valence-electron chi connectivity index (χ0n) is 17.5. The first-order chi connectivity index (χ1) is 14.4. The van der Waals surface area contributed by atoms with Crippen molar-refractivity contribution in [1.82, 2.24) is 20.0 Å². The molecule has 1 aromatic carbocycles. The zero-order valence-corrected chi connectivity index (χ0v) is 17.5. The van der Waals surface area contributed by atoms with Crippen LogP contribution in [0.2, 0.25) is 0 Å². The fraction of sp³-hybridized carbons (Fsp3) is 0.545. The molecule has 8 nitrogen and oxygen atoms in total. The first-order valence-electron chi connectivity index (χ1n) is 10.6. The Hall–Kier alpha value is -2.74. The van der Waals surface area contributed by atoms with Crippen LogP contribution < -0.4 is 5.32 Å². The molecule has 1 aliphatic carbocycles. The van der Waals surface area contributed by atoms with Gasteiger partial charge in [-0.3, -0.25) is 29.0 Å². The molecule has 2 heterocycles. The lowest BCUT2D eigenvalue weighted by molar-refractivity contribution is -0.138. The van der Waals surface area contributed by atoms with Crippen molar-refractivity contribution in [2.24, 2.45) is 5.92 Å². The average Bonchev–Trinajstić information content (AvgIpc) is 3.50. The molecule has 1 saturated heterocycles. The Balaban J connectivity index is 1.41. The molecule has 1 unspecified atom stereocenters. The molecule has 160 valence electrons.